The van der Waals surface area contributed by atoms with Gasteiger partial charge in [0.25, 0.3) is 5.97 Å². The molecule has 0 fully saturated rings. The number of hydrogen-bond donors (Lipinski definition) is 2. The van der Waals surface area contributed by atoms with Gasteiger partial charge in [0.05, 0.1) is 0 Å². The Bertz CT molecular complexity index is 732. The Morgan fingerprint density at radius 2 is 1.33 bits per heavy atom. The van der Waals surface area contributed by atoms with Crippen molar-refractivity contribution in [2.75, 3.05) is 20.8 Å². The van der Waals surface area contributed by atoms with Gasteiger partial charge in [-0.3, -0.25) is 0 Å². The van der Waals surface area contributed by atoms with Gasteiger partial charge in [0, 0.05) is 26.7 Å². The second-order valence-corrected chi connectivity index (χ2v) is 7.65. The van der Waals surface area contributed by atoms with E-state index in [0.29, 0.717) is 19.3 Å². The number of amides is 1. The zero-order chi connectivity index (χ0) is 25.0. The van der Waals surface area contributed by atoms with E-state index < -0.39 is 52.8 Å². The first kappa shape index (κ1) is 29.1. The SMILES string of the molecule is CCCCCCCCC(CCCNC(=O)Oc1c(F)c(F)c(F)c(F)c1F)C(O)(OC)OC. The van der Waals surface area contributed by atoms with E-state index in [2.05, 4.69) is 17.0 Å². The van der Waals surface area contributed by atoms with Crippen LogP contribution in [-0.2, 0) is 9.47 Å². The normalized spacial score (nSPS) is 12.6. The quantitative estimate of drug-likeness (QED) is 0.112. The molecule has 0 spiro atoms. The second-order valence-electron chi connectivity index (χ2n) is 7.65. The third-order valence-corrected chi connectivity index (χ3v) is 5.37. The molecule has 33 heavy (non-hydrogen) atoms. The largest absolute Gasteiger partial charge is 0.412 e. The van der Waals surface area contributed by atoms with Gasteiger partial charge in [-0.1, -0.05) is 45.4 Å². The average molecular weight is 485 g/mol. The number of ether oxygens (including phenoxy) is 3. The molecule has 11 heteroatoms. The van der Waals surface area contributed by atoms with E-state index in [9.17, 15) is 31.9 Å². The zero-order valence-electron chi connectivity index (χ0n) is 19.1. The topological polar surface area (TPSA) is 77.0 Å². The van der Waals surface area contributed by atoms with Crippen LogP contribution >= 0.6 is 0 Å². The van der Waals surface area contributed by atoms with Crippen LogP contribution in [0.1, 0.15) is 64.7 Å². The van der Waals surface area contributed by atoms with Crippen molar-refractivity contribution < 1.29 is 46.1 Å². The summed E-state index contributed by atoms with van der Waals surface area (Å²) in [5, 5.41) is 12.7. The second kappa shape index (κ2) is 14.3. The van der Waals surface area contributed by atoms with Crippen LogP contribution in [0.2, 0.25) is 0 Å². The van der Waals surface area contributed by atoms with Crippen LogP contribution in [0.3, 0.4) is 0 Å². The molecule has 190 valence electrons. The van der Waals surface area contributed by atoms with E-state index in [-0.39, 0.29) is 6.54 Å². The van der Waals surface area contributed by atoms with Crippen LogP contribution in [0.4, 0.5) is 26.7 Å². The summed E-state index contributed by atoms with van der Waals surface area (Å²) in [4.78, 5) is 11.8. The third kappa shape index (κ3) is 8.38. The van der Waals surface area contributed by atoms with E-state index >= 15 is 0 Å². The van der Waals surface area contributed by atoms with Crippen molar-refractivity contribution >= 4 is 6.09 Å². The summed E-state index contributed by atoms with van der Waals surface area (Å²) in [6.07, 6.45) is 6.17. The number of carbonyl (C=O) groups excluding carboxylic acids is 1. The number of nitrogens with one attached hydrogen (secondary N) is 1. The Labute approximate surface area is 190 Å². The van der Waals surface area contributed by atoms with Gasteiger partial charge in [-0.15, -0.1) is 0 Å². The smallest absolute Gasteiger partial charge is 0.404 e. The molecule has 2 N–H and O–H groups in total. The maximum absolute atomic E-state index is 13.6. The molecule has 1 unspecified atom stereocenters. The lowest BCUT2D eigenvalue weighted by Crippen LogP contribution is -2.42. The minimum absolute atomic E-state index is 0.0509. The minimum Gasteiger partial charge on any atom is -0.404 e. The molecule has 0 aliphatic rings. The fourth-order valence-corrected chi connectivity index (χ4v) is 3.44. The molecule has 0 saturated carbocycles. The first-order valence-corrected chi connectivity index (χ1v) is 10.9. The van der Waals surface area contributed by atoms with Crippen LogP contribution < -0.4 is 10.1 Å². The van der Waals surface area contributed by atoms with E-state index in [4.69, 9.17) is 9.47 Å². The highest BCUT2D eigenvalue weighted by Crippen LogP contribution is 2.30. The average Bonchev–Trinajstić information content (AvgIpc) is 2.82. The van der Waals surface area contributed by atoms with Gasteiger partial charge >= 0.3 is 6.09 Å². The number of benzene rings is 1. The van der Waals surface area contributed by atoms with Crippen molar-refractivity contribution in [2.24, 2.45) is 5.92 Å². The molecule has 0 radical (unpaired) electrons. The molecule has 1 rings (SSSR count). The summed E-state index contributed by atoms with van der Waals surface area (Å²) in [5.41, 5.74) is 0. The third-order valence-electron chi connectivity index (χ3n) is 5.37. The summed E-state index contributed by atoms with van der Waals surface area (Å²) < 4.78 is 81.1. The van der Waals surface area contributed by atoms with Crippen molar-refractivity contribution in [3.8, 4) is 5.75 Å². The van der Waals surface area contributed by atoms with Crippen molar-refractivity contribution in [3.63, 3.8) is 0 Å². The summed E-state index contributed by atoms with van der Waals surface area (Å²) in [7, 11) is 2.61. The van der Waals surface area contributed by atoms with Crippen LogP contribution in [0, 0.1) is 35.0 Å². The predicted molar refractivity (Wildman–Crippen MR) is 110 cm³/mol. The van der Waals surface area contributed by atoms with Crippen molar-refractivity contribution in [1.82, 2.24) is 5.32 Å². The molecule has 0 aliphatic heterocycles. The van der Waals surface area contributed by atoms with Gasteiger partial charge in [0.1, 0.15) is 0 Å². The lowest BCUT2D eigenvalue weighted by atomic mass is 9.93. The molecular formula is C22H32F5NO5. The van der Waals surface area contributed by atoms with Crippen molar-refractivity contribution in [1.29, 1.82) is 0 Å². The van der Waals surface area contributed by atoms with E-state index in [1.165, 1.54) is 14.2 Å². The first-order chi connectivity index (χ1) is 15.6. The van der Waals surface area contributed by atoms with Gasteiger partial charge in [0.15, 0.2) is 0 Å². The Morgan fingerprint density at radius 3 is 1.88 bits per heavy atom. The number of halogens is 5. The molecule has 1 aromatic carbocycles. The summed E-state index contributed by atoms with van der Waals surface area (Å²) >= 11 is 0. The van der Waals surface area contributed by atoms with Crippen LogP contribution in [-0.4, -0.2) is 37.9 Å². The minimum atomic E-state index is -2.35. The summed E-state index contributed by atoms with van der Waals surface area (Å²) in [6.45, 7) is 2.07. The lowest BCUT2D eigenvalue weighted by Gasteiger charge is -2.33. The highest BCUT2D eigenvalue weighted by molar-refractivity contribution is 5.70. The summed E-state index contributed by atoms with van der Waals surface area (Å²) in [6, 6.07) is 0. The Kier molecular flexibility index (Phi) is 12.6. The highest BCUT2D eigenvalue weighted by Gasteiger charge is 2.36. The van der Waals surface area contributed by atoms with Gasteiger partial charge in [0.2, 0.25) is 34.8 Å². The standard InChI is InChI=1S/C22H32F5NO5/c1-4-5-6-7-8-9-11-14(22(30,31-2)32-3)12-10-13-28-21(29)33-20-18(26)16(24)15(23)17(25)19(20)27/h14,30H,4-13H2,1-3H3,(H,28,29). The molecule has 0 saturated heterocycles. The van der Waals surface area contributed by atoms with Gasteiger partial charge in [-0.05, 0) is 19.3 Å². The fraction of sp³-hybridized carbons (Fsp3) is 0.682. The van der Waals surface area contributed by atoms with Crippen LogP contribution in [0.5, 0.6) is 5.75 Å². The molecule has 6 nitrogen and oxygen atoms in total. The number of carbonyl (C=O) groups is 1. The monoisotopic (exact) mass is 485 g/mol. The maximum atomic E-state index is 13.6. The maximum Gasteiger partial charge on any atom is 0.412 e. The zero-order valence-corrected chi connectivity index (χ0v) is 19.1. The molecule has 1 atom stereocenters. The van der Waals surface area contributed by atoms with Gasteiger partial charge in [-0.25, -0.2) is 18.0 Å². The number of unbranched alkanes of at least 4 members (excludes halogenated alkanes) is 5. The fourth-order valence-electron chi connectivity index (χ4n) is 3.44. The van der Waals surface area contributed by atoms with E-state index in [1.54, 1.807) is 0 Å². The molecular weight excluding hydrogens is 453 g/mol. The van der Waals surface area contributed by atoms with E-state index in [0.717, 1.165) is 38.5 Å². The van der Waals surface area contributed by atoms with Crippen LogP contribution in [0.15, 0.2) is 0 Å². The molecule has 0 bridgehead atoms. The molecule has 0 aliphatic carbocycles. The number of rotatable bonds is 15. The molecule has 0 aromatic heterocycles. The first-order valence-electron chi connectivity index (χ1n) is 10.9. The van der Waals surface area contributed by atoms with Crippen molar-refractivity contribution in [2.45, 2.75) is 70.7 Å². The van der Waals surface area contributed by atoms with Crippen molar-refractivity contribution in [3.05, 3.63) is 29.1 Å². The Hall–Kier alpha value is -1.98. The number of aliphatic hydroxyl groups is 1. The van der Waals surface area contributed by atoms with Gasteiger partial charge < -0.3 is 24.6 Å². The van der Waals surface area contributed by atoms with Crippen LogP contribution in [0.25, 0.3) is 0 Å². The van der Waals surface area contributed by atoms with E-state index in [1.807, 2.05) is 0 Å². The number of hydrogen-bond acceptors (Lipinski definition) is 5. The Morgan fingerprint density at radius 1 is 0.848 bits per heavy atom. The highest BCUT2D eigenvalue weighted by atomic mass is 19.2. The Balaban J connectivity index is 2.59. The van der Waals surface area contributed by atoms with Gasteiger partial charge in [-0.2, -0.15) is 8.78 Å². The molecule has 0 heterocycles. The summed E-state index contributed by atoms with van der Waals surface area (Å²) in [5.74, 6) is -15.2. The lowest BCUT2D eigenvalue weighted by molar-refractivity contribution is -0.369. The molecule has 1 aromatic rings. The number of methoxy groups -OCH3 is 2. The molecule has 1 amide bonds. The predicted octanol–water partition coefficient (Wildman–Crippen LogP) is 5.56.